The summed E-state index contributed by atoms with van der Waals surface area (Å²) in [4.78, 5) is 26.1. The van der Waals surface area contributed by atoms with Crippen LogP contribution in [0.4, 0.5) is 5.69 Å². The lowest BCUT2D eigenvalue weighted by molar-refractivity contribution is -0.122. The van der Waals surface area contributed by atoms with Gasteiger partial charge < -0.3 is 15.0 Å². The molecule has 0 aliphatic rings. The molecular formula is C18H18Cl2N2O3. The van der Waals surface area contributed by atoms with E-state index >= 15 is 0 Å². The highest BCUT2D eigenvalue weighted by Crippen LogP contribution is 2.28. The highest BCUT2D eigenvalue weighted by atomic mass is 35.5. The summed E-state index contributed by atoms with van der Waals surface area (Å²) in [5, 5.41) is 3.51. The average molecular weight is 381 g/mol. The normalized spacial score (nSPS) is 11.6. The molecule has 0 aromatic heterocycles. The Hall–Kier alpha value is -2.24. The van der Waals surface area contributed by atoms with Crippen molar-refractivity contribution in [2.24, 2.45) is 0 Å². The van der Waals surface area contributed by atoms with E-state index in [4.69, 9.17) is 27.9 Å². The zero-order valence-electron chi connectivity index (χ0n) is 14.0. The first-order valence-electron chi connectivity index (χ1n) is 7.53. The van der Waals surface area contributed by atoms with Gasteiger partial charge in [0.2, 0.25) is 0 Å². The van der Waals surface area contributed by atoms with Crippen LogP contribution in [0.25, 0.3) is 0 Å². The molecule has 0 radical (unpaired) electrons. The molecule has 0 bridgehead atoms. The van der Waals surface area contributed by atoms with Crippen LogP contribution in [-0.2, 0) is 4.79 Å². The Balaban J connectivity index is 2.13. The highest BCUT2D eigenvalue weighted by Gasteiger charge is 2.20. The minimum absolute atomic E-state index is 0.204. The molecular weight excluding hydrogens is 363 g/mol. The Bertz CT molecular complexity index is 794. The van der Waals surface area contributed by atoms with Gasteiger partial charge in [0.15, 0.2) is 6.10 Å². The predicted octanol–water partition coefficient (Wildman–Crippen LogP) is 4.10. The van der Waals surface area contributed by atoms with Crippen LogP contribution in [0.1, 0.15) is 17.3 Å². The van der Waals surface area contributed by atoms with Gasteiger partial charge in [0.25, 0.3) is 11.8 Å². The van der Waals surface area contributed by atoms with E-state index in [9.17, 15) is 9.59 Å². The van der Waals surface area contributed by atoms with Gasteiger partial charge in [0.1, 0.15) is 5.75 Å². The van der Waals surface area contributed by atoms with Crippen molar-refractivity contribution in [3.05, 3.63) is 58.1 Å². The molecule has 2 rings (SSSR count). The van der Waals surface area contributed by atoms with E-state index in [0.717, 1.165) is 0 Å². The fourth-order valence-corrected chi connectivity index (χ4v) is 2.52. The van der Waals surface area contributed by atoms with E-state index in [2.05, 4.69) is 5.32 Å². The maximum absolute atomic E-state index is 12.4. The largest absolute Gasteiger partial charge is 0.479 e. The van der Waals surface area contributed by atoms with Gasteiger partial charge >= 0.3 is 0 Å². The van der Waals surface area contributed by atoms with Crippen LogP contribution in [0.15, 0.2) is 42.5 Å². The van der Waals surface area contributed by atoms with Gasteiger partial charge in [-0.25, -0.2) is 0 Å². The summed E-state index contributed by atoms with van der Waals surface area (Å²) in [6.45, 7) is 1.59. The molecule has 1 atom stereocenters. The summed E-state index contributed by atoms with van der Waals surface area (Å²) in [5.74, 6) is -0.249. The molecule has 25 heavy (non-hydrogen) atoms. The Morgan fingerprint density at radius 3 is 2.44 bits per heavy atom. The van der Waals surface area contributed by atoms with Gasteiger partial charge in [-0.15, -0.1) is 0 Å². The third-order valence-electron chi connectivity index (χ3n) is 3.39. The summed E-state index contributed by atoms with van der Waals surface area (Å²) >= 11 is 11.9. The Kier molecular flexibility index (Phi) is 6.28. The predicted molar refractivity (Wildman–Crippen MR) is 99.6 cm³/mol. The SMILES string of the molecule is CC(Oc1ccc(Cl)cc1Cl)C(=O)Nc1ccccc1C(=O)N(C)C. The number of carbonyl (C=O) groups excluding carboxylic acids is 2. The fraction of sp³-hybridized carbons (Fsp3) is 0.222. The van der Waals surface area contributed by atoms with Gasteiger partial charge in [0, 0.05) is 19.1 Å². The zero-order chi connectivity index (χ0) is 18.6. The molecule has 0 heterocycles. The van der Waals surface area contributed by atoms with Gasteiger partial charge in [0.05, 0.1) is 16.3 Å². The summed E-state index contributed by atoms with van der Waals surface area (Å²) in [6.07, 6.45) is -0.818. The van der Waals surface area contributed by atoms with Crippen LogP contribution in [0.5, 0.6) is 5.75 Å². The monoisotopic (exact) mass is 380 g/mol. The standard InChI is InChI=1S/C18H18Cl2N2O3/c1-11(25-16-9-8-12(19)10-14(16)20)17(23)21-15-7-5-4-6-13(15)18(24)22(2)3/h4-11H,1-3H3,(H,21,23). The number of amides is 2. The molecule has 0 fully saturated rings. The van der Waals surface area contributed by atoms with E-state index in [1.54, 1.807) is 57.4 Å². The molecule has 5 nitrogen and oxygen atoms in total. The third-order valence-corrected chi connectivity index (χ3v) is 3.92. The van der Waals surface area contributed by atoms with Crippen molar-refractivity contribution in [3.8, 4) is 5.75 Å². The van der Waals surface area contributed by atoms with Crippen molar-refractivity contribution < 1.29 is 14.3 Å². The summed E-state index contributed by atoms with van der Waals surface area (Å²) in [7, 11) is 3.30. The fourth-order valence-electron chi connectivity index (χ4n) is 2.07. The quantitative estimate of drug-likeness (QED) is 0.849. The molecule has 2 aromatic rings. The zero-order valence-corrected chi connectivity index (χ0v) is 15.6. The number of anilines is 1. The number of benzene rings is 2. The number of hydrogen-bond acceptors (Lipinski definition) is 3. The molecule has 0 saturated carbocycles. The number of carbonyl (C=O) groups is 2. The maximum atomic E-state index is 12.4. The Morgan fingerprint density at radius 2 is 1.80 bits per heavy atom. The maximum Gasteiger partial charge on any atom is 0.265 e. The number of para-hydroxylation sites is 1. The van der Waals surface area contributed by atoms with Crippen LogP contribution in [0.2, 0.25) is 10.0 Å². The van der Waals surface area contributed by atoms with E-state index in [1.807, 2.05) is 0 Å². The molecule has 1 N–H and O–H groups in total. The lowest BCUT2D eigenvalue weighted by atomic mass is 10.1. The minimum atomic E-state index is -0.818. The van der Waals surface area contributed by atoms with E-state index in [-0.39, 0.29) is 5.91 Å². The first-order valence-corrected chi connectivity index (χ1v) is 8.28. The molecule has 132 valence electrons. The summed E-state index contributed by atoms with van der Waals surface area (Å²) < 4.78 is 5.58. The van der Waals surface area contributed by atoms with Gasteiger partial charge in [-0.1, -0.05) is 35.3 Å². The summed E-state index contributed by atoms with van der Waals surface area (Å²) in [6, 6.07) is 11.5. The second kappa shape index (κ2) is 8.23. The molecule has 0 spiro atoms. The van der Waals surface area contributed by atoms with E-state index in [0.29, 0.717) is 27.0 Å². The van der Waals surface area contributed by atoms with Crippen LogP contribution in [0, 0.1) is 0 Å². The molecule has 7 heteroatoms. The van der Waals surface area contributed by atoms with E-state index in [1.165, 1.54) is 11.0 Å². The van der Waals surface area contributed by atoms with Crippen molar-refractivity contribution in [2.45, 2.75) is 13.0 Å². The van der Waals surface area contributed by atoms with Gasteiger partial charge in [-0.2, -0.15) is 0 Å². The topological polar surface area (TPSA) is 58.6 Å². The number of rotatable bonds is 5. The van der Waals surface area contributed by atoms with Crippen LogP contribution >= 0.6 is 23.2 Å². The minimum Gasteiger partial charge on any atom is -0.479 e. The second-order valence-corrected chi connectivity index (χ2v) is 6.41. The number of nitrogens with one attached hydrogen (secondary N) is 1. The number of nitrogens with zero attached hydrogens (tertiary/aromatic N) is 1. The summed E-state index contributed by atoms with van der Waals surface area (Å²) in [5.41, 5.74) is 0.821. The smallest absolute Gasteiger partial charge is 0.265 e. The second-order valence-electron chi connectivity index (χ2n) is 5.57. The number of ether oxygens (including phenoxy) is 1. The first kappa shape index (κ1) is 19.1. The van der Waals surface area contributed by atoms with Gasteiger partial charge in [-0.3, -0.25) is 9.59 Å². The lowest BCUT2D eigenvalue weighted by Crippen LogP contribution is -2.31. The first-order chi connectivity index (χ1) is 11.8. The molecule has 2 amide bonds. The van der Waals surface area contributed by atoms with Crippen molar-refractivity contribution >= 4 is 40.7 Å². The van der Waals surface area contributed by atoms with Crippen LogP contribution < -0.4 is 10.1 Å². The lowest BCUT2D eigenvalue weighted by Gasteiger charge is -2.18. The van der Waals surface area contributed by atoms with Crippen molar-refractivity contribution in [1.29, 1.82) is 0 Å². The highest BCUT2D eigenvalue weighted by molar-refractivity contribution is 6.35. The van der Waals surface area contributed by atoms with Crippen molar-refractivity contribution in [2.75, 3.05) is 19.4 Å². The van der Waals surface area contributed by atoms with Gasteiger partial charge in [-0.05, 0) is 37.3 Å². The third kappa shape index (κ3) is 4.87. The molecule has 0 aliphatic heterocycles. The molecule has 0 aliphatic carbocycles. The van der Waals surface area contributed by atoms with Crippen LogP contribution in [0.3, 0.4) is 0 Å². The van der Waals surface area contributed by atoms with Crippen LogP contribution in [-0.4, -0.2) is 36.9 Å². The molecule has 2 aromatic carbocycles. The average Bonchev–Trinajstić information content (AvgIpc) is 2.57. The number of hydrogen-bond donors (Lipinski definition) is 1. The number of halogens is 2. The molecule has 0 saturated heterocycles. The Morgan fingerprint density at radius 1 is 1.12 bits per heavy atom. The van der Waals surface area contributed by atoms with Crippen molar-refractivity contribution in [3.63, 3.8) is 0 Å². The van der Waals surface area contributed by atoms with E-state index < -0.39 is 12.0 Å². The Labute approximate surface area is 156 Å². The molecule has 1 unspecified atom stereocenters. The van der Waals surface area contributed by atoms with Crippen molar-refractivity contribution in [1.82, 2.24) is 4.90 Å².